The Morgan fingerprint density at radius 1 is 0.784 bits per heavy atom. The molecule has 1 aromatic heterocycles. The molecule has 3 nitrogen and oxygen atoms in total. The highest BCUT2D eigenvalue weighted by Gasteiger charge is 2.21. The lowest BCUT2D eigenvalue weighted by molar-refractivity contribution is 0.249. The zero-order valence-electron chi connectivity index (χ0n) is 20.9. The maximum absolute atomic E-state index is 13.3. The molecule has 0 amide bonds. The average Bonchev–Trinajstić information content (AvgIpc) is 3.25. The summed E-state index contributed by atoms with van der Waals surface area (Å²) in [6, 6.07) is 32.4. The Hall–Kier alpha value is -3.60. The molecule has 186 valence electrons. The summed E-state index contributed by atoms with van der Waals surface area (Å²) in [5.41, 5.74) is 7.17. The second-order valence-electron chi connectivity index (χ2n) is 9.72. The van der Waals surface area contributed by atoms with Gasteiger partial charge in [-0.05, 0) is 72.0 Å². The predicted octanol–water partition coefficient (Wildman–Crippen LogP) is 7.72. The molecule has 1 saturated heterocycles. The summed E-state index contributed by atoms with van der Waals surface area (Å²) in [5.74, 6) is -0.190. The Morgan fingerprint density at radius 3 is 2.24 bits per heavy atom. The van der Waals surface area contributed by atoms with Crippen LogP contribution in [0.15, 0.2) is 97.1 Å². The SMILES string of the molecule is Cc1c(CN2CCN(c3ccc(F)cc3)CC2)cc(-c2ccc(Cl)cc2)n1-c1cccc2ccccc12. The minimum absolute atomic E-state index is 0.190. The molecule has 0 radical (unpaired) electrons. The van der Waals surface area contributed by atoms with Crippen molar-refractivity contribution in [1.29, 1.82) is 0 Å². The van der Waals surface area contributed by atoms with E-state index in [2.05, 4.69) is 82.0 Å². The highest BCUT2D eigenvalue weighted by atomic mass is 35.5. The first-order valence-electron chi connectivity index (χ1n) is 12.7. The van der Waals surface area contributed by atoms with Gasteiger partial charge in [0.15, 0.2) is 0 Å². The topological polar surface area (TPSA) is 11.4 Å². The van der Waals surface area contributed by atoms with Crippen LogP contribution in [0.4, 0.5) is 10.1 Å². The zero-order valence-corrected chi connectivity index (χ0v) is 21.6. The summed E-state index contributed by atoms with van der Waals surface area (Å²) in [4.78, 5) is 4.85. The molecule has 0 saturated carbocycles. The molecular formula is C32H29ClFN3. The number of rotatable bonds is 5. The van der Waals surface area contributed by atoms with Crippen LogP contribution in [0.2, 0.25) is 5.02 Å². The number of halogens is 2. The highest BCUT2D eigenvalue weighted by molar-refractivity contribution is 6.30. The molecule has 0 aliphatic carbocycles. The molecule has 6 rings (SSSR count). The summed E-state index contributed by atoms with van der Waals surface area (Å²) in [6.07, 6.45) is 0. The van der Waals surface area contributed by atoms with Gasteiger partial charge < -0.3 is 9.47 Å². The van der Waals surface area contributed by atoms with Gasteiger partial charge in [-0.1, -0.05) is 60.1 Å². The van der Waals surface area contributed by atoms with Crippen molar-refractivity contribution < 1.29 is 4.39 Å². The van der Waals surface area contributed by atoms with E-state index in [9.17, 15) is 4.39 Å². The number of nitrogens with zero attached hydrogens (tertiary/aromatic N) is 3. The number of piperazine rings is 1. The smallest absolute Gasteiger partial charge is 0.123 e. The molecule has 5 heteroatoms. The Labute approximate surface area is 222 Å². The lowest BCUT2D eigenvalue weighted by atomic mass is 10.1. The summed E-state index contributed by atoms with van der Waals surface area (Å²) < 4.78 is 15.7. The van der Waals surface area contributed by atoms with Crippen molar-refractivity contribution in [2.24, 2.45) is 0 Å². The minimum atomic E-state index is -0.190. The van der Waals surface area contributed by atoms with Gasteiger partial charge >= 0.3 is 0 Å². The standard InChI is InChI=1S/C32H29ClFN3/c1-23-26(22-35-17-19-36(20-18-35)29-15-13-28(34)14-16-29)21-32(25-9-11-27(33)12-10-25)37(23)31-8-4-6-24-5-2-3-7-30(24)31/h2-16,21H,17-20,22H2,1H3. The molecule has 0 unspecified atom stereocenters. The van der Waals surface area contributed by atoms with Crippen LogP contribution in [0.3, 0.4) is 0 Å². The van der Waals surface area contributed by atoms with Crippen molar-refractivity contribution in [2.45, 2.75) is 13.5 Å². The van der Waals surface area contributed by atoms with E-state index in [4.69, 9.17) is 11.6 Å². The molecule has 4 aromatic carbocycles. The number of hydrogen-bond acceptors (Lipinski definition) is 2. The van der Waals surface area contributed by atoms with Gasteiger partial charge in [-0.2, -0.15) is 0 Å². The Kier molecular flexibility index (Phi) is 6.45. The predicted molar refractivity (Wildman–Crippen MR) is 152 cm³/mol. The molecule has 1 aliphatic heterocycles. The van der Waals surface area contributed by atoms with E-state index < -0.39 is 0 Å². The van der Waals surface area contributed by atoms with Crippen molar-refractivity contribution in [3.63, 3.8) is 0 Å². The minimum Gasteiger partial charge on any atom is -0.369 e. The normalized spacial score (nSPS) is 14.4. The van der Waals surface area contributed by atoms with Crippen molar-refractivity contribution in [3.8, 4) is 16.9 Å². The van der Waals surface area contributed by atoms with Crippen LogP contribution in [-0.4, -0.2) is 35.6 Å². The van der Waals surface area contributed by atoms with Crippen LogP contribution in [0.25, 0.3) is 27.7 Å². The molecule has 0 bridgehead atoms. The summed E-state index contributed by atoms with van der Waals surface area (Å²) in [5, 5.41) is 3.20. The first kappa shape index (κ1) is 23.8. The summed E-state index contributed by atoms with van der Waals surface area (Å²) in [6.45, 7) is 6.91. The van der Waals surface area contributed by atoms with Crippen molar-refractivity contribution in [2.75, 3.05) is 31.1 Å². The summed E-state index contributed by atoms with van der Waals surface area (Å²) in [7, 11) is 0. The van der Waals surface area contributed by atoms with E-state index in [-0.39, 0.29) is 5.82 Å². The highest BCUT2D eigenvalue weighted by Crippen LogP contribution is 2.34. The van der Waals surface area contributed by atoms with Gasteiger partial charge in [0.05, 0.1) is 11.4 Å². The number of anilines is 1. The molecule has 0 spiro atoms. The third-order valence-corrected chi connectivity index (χ3v) is 7.71. The van der Waals surface area contributed by atoms with Crippen LogP contribution in [0.5, 0.6) is 0 Å². The van der Waals surface area contributed by atoms with Crippen molar-refractivity contribution in [1.82, 2.24) is 9.47 Å². The van der Waals surface area contributed by atoms with Crippen LogP contribution in [-0.2, 0) is 6.54 Å². The average molecular weight is 510 g/mol. The quantitative estimate of drug-likeness (QED) is 0.240. The van der Waals surface area contributed by atoms with Gasteiger partial charge in [-0.25, -0.2) is 4.39 Å². The molecule has 0 atom stereocenters. The van der Waals surface area contributed by atoms with E-state index in [1.807, 2.05) is 24.3 Å². The number of aromatic nitrogens is 1. The largest absolute Gasteiger partial charge is 0.369 e. The second-order valence-corrected chi connectivity index (χ2v) is 10.2. The lowest BCUT2D eigenvalue weighted by Crippen LogP contribution is -2.46. The second kappa shape index (κ2) is 10.0. The molecule has 5 aromatic rings. The van der Waals surface area contributed by atoms with E-state index in [1.54, 1.807) is 12.1 Å². The fourth-order valence-corrected chi connectivity index (χ4v) is 5.55. The van der Waals surface area contributed by atoms with Gasteiger partial charge in [0, 0.05) is 54.5 Å². The monoisotopic (exact) mass is 509 g/mol. The Morgan fingerprint density at radius 2 is 1.49 bits per heavy atom. The third kappa shape index (κ3) is 4.75. The van der Waals surface area contributed by atoms with Crippen LogP contribution in [0.1, 0.15) is 11.3 Å². The van der Waals surface area contributed by atoms with Crippen molar-refractivity contribution >= 4 is 28.1 Å². The van der Waals surface area contributed by atoms with E-state index in [0.717, 1.165) is 49.0 Å². The van der Waals surface area contributed by atoms with E-state index in [1.165, 1.54) is 33.4 Å². The van der Waals surface area contributed by atoms with E-state index in [0.29, 0.717) is 0 Å². The molecule has 2 heterocycles. The maximum Gasteiger partial charge on any atom is 0.123 e. The van der Waals surface area contributed by atoms with Gasteiger partial charge in [0.2, 0.25) is 0 Å². The molecule has 37 heavy (non-hydrogen) atoms. The van der Waals surface area contributed by atoms with Crippen LogP contribution >= 0.6 is 11.6 Å². The Balaban J connectivity index is 1.33. The lowest BCUT2D eigenvalue weighted by Gasteiger charge is -2.36. The fraction of sp³-hybridized carbons (Fsp3) is 0.188. The number of fused-ring (bicyclic) bond motifs is 1. The van der Waals surface area contributed by atoms with Gasteiger partial charge in [0.1, 0.15) is 5.82 Å². The van der Waals surface area contributed by atoms with Crippen molar-refractivity contribution in [3.05, 3.63) is 119 Å². The first-order valence-corrected chi connectivity index (χ1v) is 13.1. The first-order chi connectivity index (χ1) is 18.1. The molecular weight excluding hydrogens is 481 g/mol. The molecule has 0 N–H and O–H groups in total. The van der Waals surface area contributed by atoms with Gasteiger partial charge in [-0.15, -0.1) is 0 Å². The summed E-state index contributed by atoms with van der Waals surface area (Å²) >= 11 is 6.23. The van der Waals surface area contributed by atoms with Crippen LogP contribution < -0.4 is 4.90 Å². The number of hydrogen-bond donors (Lipinski definition) is 0. The fourth-order valence-electron chi connectivity index (χ4n) is 5.42. The third-order valence-electron chi connectivity index (χ3n) is 7.46. The zero-order chi connectivity index (χ0) is 25.4. The molecule has 1 aliphatic rings. The van der Waals surface area contributed by atoms with Gasteiger partial charge in [-0.3, -0.25) is 4.90 Å². The Bertz CT molecular complexity index is 1530. The molecule has 1 fully saturated rings. The number of benzene rings is 4. The van der Waals surface area contributed by atoms with Crippen LogP contribution in [0, 0.1) is 12.7 Å². The van der Waals surface area contributed by atoms with E-state index >= 15 is 0 Å². The van der Waals surface area contributed by atoms with Gasteiger partial charge in [0.25, 0.3) is 0 Å². The maximum atomic E-state index is 13.3.